The summed E-state index contributed by atoms with van der Waals surface area (Å²) in [6, 6.07) is 1.71. The van der Waals surface area contributed by atoms with Crippen molar-refractivity contribution in [1.29, 1.82) is 0 Å². The quantitative estimate of drug-likeness (QED) is 0.854. The predicted molar refractivity (Wildman–Crippen MR) is 61.2 cm³/mol. The Morgan fingerprint density at radius 1 is 1.39 bits per heavy atom. The number of ether oxygens (including phenoxy) is 2. The molecular weight excluding hydrogens is 241 g/mol. The molecule has 1 aromatic carbocycles. The highest BCUT2D eigenvalue weighted by Gasteiger charge is 2.20. The van der Waals surface area contributed by atoms with Crippen LogP contribution in [0.25, 0.3) is 0 Å². The molecule has 0 aromatic heterocycles. The molecule has 1 heterocycles. The molecular formula is C12H14FNO4. The fraction of sp³-hybridized carbons (Fsp3) is 0.417. The van der Waals surface area contributed by atoms with E-state index in [-0.39, 0.29) is 12.0 Å². The van der Waals surface area contributed by atoms with Gasteiger partial charge in [0, 0.05) is 24.1 Å². The van der Waals surface area contributed by atoms with E-state index in [1.54, 1.807) is 0 Å². The maximum absolute atomic E-state index is 13.8. The van der Waals surface area contributed by atoms with Crippen molar-refractivity contribution in [3.05, 3.63) is 23.5 Å². The Kier molecular flexibility index (Phi) is 3.66. The maximum Gasteiger partial charge on any atom is 0.305 e. The second-order valence-corrected chi connectivity index (χ2v) is 4.08. The lowest BCUT2D eigenvalue weighted by molar-refractivity contribution is -0.137. The van der Waals surface area contributed by atoms with Gasteiger partial charge in [0.05, 0.1) is 19.6 Å². The molecule has 5 nitrogen and oxygen atoms in total. The Morgan fingerprint density at radius 2 is 2.00 bits per heavy atom. The maximum atomic E-state index is 13.8. The third-order valence-corrected chi connectivity index (χ3v) is 2.66. The highest BCUT2D eigenvalue weighted by molar-refractivity contribution is 5.68. The average Bonchev–Trinajstić information content (AvgIpc) is 2.51. The molecule has 1 atom stereocenters. The van der Waals surface area contributed by atoms with Crippen LogP contribution in [0.4, 0.5) is 4.39 Å². The van der Waals surface area contributed by atoms with Gasteiger partial charge in [-0.2, -0.15) is 0 Å². The van der Waals surface area contributed by atoms with Gasteiger partial charge in [-0.25, -0.2) is 4.39 Å². The van der Waals surface area contributed by atoms with E-state index in [1.165, 1.54) is 12.1 Å². The molecule has 0 bridgehead atoms. The molecule has 1 unspecified atom stereocenters. The molecule has 6 heteroatoms. The topological polar surface area (TPSA) is 81.8 Å². The predicted octanol–water partition coefficient (Wildman–Crippen LogP) is 1.46. The summed E-state index contributed by atoms with van der Waals surface area (Å²) in [5.41, 5.74) is 5.78. The van der Waals surface area contributed by atoms with Crippen molar-refractivity contribution in [3.8, 4) is 11.5 Å². The Bertz CT molecular complexity index is 464. The third-order valence-electron chi connectivity index (χ3n) is 2.66. The van der Waals surface area contributed by atoms with E-state index < -0.39 is 17.8 Å². The van der Waals surface area contributed by atoms with E-state index in [0.717, 1.165) is 0 Å². The summed E-state index contributed by atoms with van der Waals surface area (Å²) in [6.45, 7) is 0.944. The van der Waals surface area contributed by atoms with Gasteiger partial charge >= 0.3 is 5.97 Å². The van der Waals surface area contributed by atoms with Gasteiger partial charge in [-0.1, -0.05) is 0 Å². The molecule has 1 aliphatic rings. The molecule has 0 spiro atoms. The molecule has 0 amide bonds. The number of hydrogen-bond donors (Lipinski definition) is 2. The Labute approximate surface area is 103 Å². The number of aliphatic carboxylic acids is 1. The average molecular weight is 255 g/mol. The SMILES string of the molecule is NC(CC(=O)O)c1cc2c(cc1F)OCCCO2. The first-order chi connectivity index (χ1) is 8.58. The molecule has 2 rings (SSSR count). The summed E-state index contributed by atoms with van der Waals surface area (Å²) >= 11 is 0. The number of carboxylic acid groups (broad SMARTS) is 1. The molecule has 0 fully saturated rings. The molecule has 3 N–H and O–H groups in total. The van der Waals surface area contributed by atoms with Gasteiger partial charge in [0.25, 0.3) is 0 Å². The minimum atomic E-state index is -1.07. The van der Waals surface area contributed by atoms with Gasteiger partial charge in [0.2, 0.25) is 0 Å². The number of carbonyl (C=O) groups is 1. The van der Waals surface area contributed by atoms with Crippen molar-refractivity contribution in [3.63, 3.8) is 0 Å². The van der Waals surface area contributed by atoms with Crippen molar-refractivity contribution >= 4 is 5.97 Å². The van der Waals surface area contributed by atoms with Crippen molar-refractivity contribution in [2.75, 3.05) is 13.2 Å². The first kappa shape index (κ1) is 12.6. The summed E-state index contributed by atoms with van der Waals surface area (Å²) in [7, 11) is 0. The molecule has 0 aliphatic carbocycles. The molecule has 0 saturated heterocycles. The normalized spacial score (nSPS) is 15.9. The molecule has 0 saturated carbocycles. The lowest BCUT2D eigenvalue weighted by Crippen LogP contribution is -2.16. The second kappa shape index (κ2) is 5.22. The molecule has 1 aliphatic heterocycles. The number of halogens is 1. The van der Waals surface area contributed by atoms with Gasteiger partial charge in [-0.3, -0.25) is 4.79 Å². The van der Waals surface area contributed by atoms with Crippen LogP contribution in [0.5, 0.6) is 11.5 Å². The number of hydrogen-bond acceptors (Lipinski definition) is 4. The molecule has 1 aromatic rings. The summed E-state index contributed by atoms with van der Waals surface area (Å²) in [6.07, 6.45) is 0.378. The van der Waals surface area contributed by atoms with Gasteiger partial charge in [-0.15, -0.1) is 0 Å². The Morgan fingerprint density at radius 3 is 2.61 bits per heavy atom. The van der Waals surface area contributed by atoms with Crippen molar-refractivity contribution in [1.82, 2.24) is 0 Å². The zero-order chi connectivity index (χ0) is 13.1. The van der Waals surface area contributed by atoms with E-state index in [4.69, 9.17) is 20.3 Å². The van der Waals surface area contributed by atoms with Crippen LogP contribution in [-0.4, -0.2) is 24.3 Å². The smallest absolute Gasteiger partial charge is 0.305 e. The van der Waals surface area contributed by atoms with Gasteiger partial charge in [0.1, 0.15) is 5.82 Å². The standard InChI is InChI=1S/C12H14FNO4/c13-8-5-11-10(17-2-1-3-18-11)4-7(8)9(14)6-12(15)16/h4-5,9H,1-3,6,14H2,(H,15,16). The van der Waals surface area contributed by atoms with Crippen LogP contribution in [0, 0.1) is 5.82 Å². The van der Waals surface area contributed by atoms with Crippen LogP contribution >= 0.6 is 0 Å². The zero-order valence-corrected chi connectivity index (χ0v) is 9.69. The number of nitrogens with two attached hydrogens (primary N) is 1. The van der Waals surface area contributed by atoms with Crippen LogP contribution in [0.3, 0.4) is 0 Å². The summed E-state index contributed by atoms with van der Waals surface area (Å²) in [5, 5.41) is 8.66. The van der Waals surface area contributed by atoms with E-state index in [2.05, 4.69) is 0 Å². The van der Waals surface area contributed by atoms with Crippen LogP contribution in [0.2, 0.25) is 0 Å². The van der Waals surface area contributed by atoms with E-state index in [9.17, 15) is 9.18 Å². The van der Waals surface area contributed by atoms with Gasteiger partial charge < -0.3 is 20.3 Å². The van der Waals surface area contributed by atoms with Crippen LogP contribution in [0.1, 0.15) is 24.4 Å². The van der Waals surface area contributed by atoms with E-state index in [0.29, 0.717) is 31.1 Å². The Hall–Kier alpha value is -1.82. The van der Waals surface area contributed by atoms with Crippen LogP contribution in [-0.2, 0) is 4.79 Å². The minimum absolute atomic E-state index is 0.127. The molecule has 0 radical (unpaired) electrons. The summed E-state index contributed by atoms with van der Waals surface area (Å²) < 4.78 is 24.5. The fourth-order valence-electron chi connectivity index (χ4n) is 1.78. The zero-order valence-electron chi connectivity index (χ0n) is 9.69. The van der Waals surface area contributed by atoms with E-state index >= 15 is 0 Å². The lowest BCUT2D eigenvalue weighted by atomic mass is 10.0. The van der Waals surface area contributed by atoms with Crippen LogP contribution in [0.15, 0.2) is 12.1 Å². The number of rotatable bonds is 3. The lowest BCUT2D eigenvalue weighted by Gasteiger charge is -2.14. The highest BCUT2D eigenvalue weighted by atomic mass is 19.1. The van der Waals surface area contributed by atoms with Gasteiger partial charge in [0.15, 0.2) is 11.5 Å². The fourth-order valence-corrected chi connectivity index (χ4v) is 1.78. The second-order valence-electron chi connectivity index (χ2n) is 4.08. The van der Waals surface area contributed by atoms with Crippen molar-refractivity contribution in [2.24, 2.45) is 5.73 Å². The largest absolute Gasteiger partial charge is 0.490 e. The highest BCUT2D eigenvalue weighted by Crippen LogP contribution is 2.34. The Balaban J connectivity index is 2.31. The number of carboxylic acids is 1. The molecule has 18 heavy (non-hydrogen) atoms. The summed E-state index contributed by atoms with van der Waals surface area (Å²) in [4.78, 5) is 10.6. The minimum Gasteiger partial charge on any atom is -0.490 e. The monoisotopic (exact) mass is 255 g/mol. The number of fused-ring (bicyclic) bond motifs is 1. The third kappa shape index (κ3) is 2.70. The van der Waals surface area contributed by atoms with E-state index in [1.807, 2.05) is 0 Å². The first-order valence-corrected chi connectivity index (χ1v) is 5.64. The van der Waals surface area contributed by atoms with Gasteiger partial charge in [-0.05, 0) is 6.07 Å². The van der Waals surface area contributed by atoms with Crippen molar-refractivity contribution in [2.45, 2.75) is 18.9 Å². The summed E-state index contributed by atoms with van der Waals surface area (Å²) in [5.74, 6) is -0.914. The molecule has 98 valence electrons. The van der Waals surface area contributed by atoms with Crippen molar-refractivity contribution < 1.29 is 23.8 Å². The van der Waals surface area contributed by atoms with Crippen LogP contribution < -0.4 is 15.2 Å². The first-order valence-electron chi connectivity index (χ1n) is 5.64. The number of benzene rings is 1.